The number of carbonyl (C=O) groups excluding carboxylic acids is 2. The van der Waals surface area contributed by atoms with Crippen LogP contribution in [0.4, 0.5) is 0 Å². The van der Waals surface area contributed by atoms with Crippen LogP contribution in [0.25, 0.3) is 0 Å². The maximum Gasteiger partial charge on any atom is 0.242 e. The van der Waals surface area contributed by atoms with Gasteiger partial charge in [-0.1, -0.05) is 72.8 Å². The van der Waals surface area contributed by atoms with Crippen molar-refractivity contribution in [3.05, 3.63) is 102 Å². The van der Waals surface area contributed by atoms with E-state index in [9.17, 15) is 9.59 Å². The van der Waals surface area contributed by atoms with Crippen molar-refractivity contribution < 1.29 is 14.3 Å². The molecular weight excluding hydrogens is 466 g/mol. The summed E-state index contributed by atoms with van der Waals surface area (Å²) in [5, 5.41) is 13.4. The molecule has 0 aliphatic heterocycles. The van der Waals surface area contributed by atoms with E-state index in [1.165, 1.54) is 0 Å². The summed E-state index contributed by atoms with van der Waals surface area (Å²) >= 11 is 0. The Labute approximate surface area is 217 Å². The van der Waals surface area contributed by atoms with E-state index in [-0.39, 0.29) is 17.6 Å². The first-order valence-corrected chi connectivity index (χ1v) is 12.3. The predicted molar refractivity (Wildman–Crippen MR) is 145 cm³/mol. The molecule has 0 aliphatic rings. The van der Waals surface area contributed by atoms with Gasteiger partial charge in [0.25, 0.3) is 0 Å². The molecule has 0 radical (unpaired) electrons. The minimum Gasteiger partial charge on any atom is -0.497 e. The maximum atomic E-state index is 13.6. The summed E-state index contributed by atoms with van der Waals surface area (Å²) in [4.78, 5) is 26.9. The van der Waals surface area contributed by atoms with Crippen LogP contribution in [0.1, 0.15) is 41.9 Å². The van der Waals surface area contributed by atoms with E-state index in [1.807, 2.05) is 84.9 Å². The fourth-order valence-electron chi connectivity index (χ4n) is 4.06. The summed E-state index contributed by atoms with van der Waals surface area (Å²) in [7, 11) is 1.60. The summed E-state index contributed by atoms with van der Waals surface area (Å²) < 4.78 is 5.18. The van der Waals surface area contributed by atoms with Gasteiger partial charge in [0.2, 0.25) is 11.8 Å². The molecule has 0 fully saturated rings. The smallest absolute Gasteiger partial charge is 0.242 e. The Bertz CT molecular complexity index is 1110. The lowest BCUT2D eigenvalue weighted by Crippen LogP contribution is -2.48. The van der Waals surface area contributed by atoms with E-state index in [0.717, 1.165) is 22.4 Å². The zero-order chi connectivity index (χ0) is 26.6. The Balaban J connectivity index is 1.76. The number of carbonyl (C=O) groups is 2. The highest BCUT2D eigenvalue weighted by molar-refractivity contribution is 5.92. The Morgan fingerprint density at radius 2 is 1.43 bits per heavy atom. The van der Waals surface area contributed by atoms with Gasteiger partial charge >= 0.3 is 0 Å². The molecule has 7 N–H and O–H groups in total. The van der Waals surface area contributed by atoms with E-state index in [0.29, 0.717) is 25.8 Å². The lowest BCUT2D eigenvalue weighted by molar-refractivity contribution is -0.129. The fourth-order valence-corrected chi connectivity index (χ4v) is 4.06. The molecule has 8 nitrogen and oxygen atoms in total. The lowest BCUT2D eigenvalue weighted by Gasteiger charge is -2.23. The molecule has 2 atom stereocenters. The first-order valence-electron chi connectivity index (χ1n) is 12.3. The van der Waals surface area contributed by atoms with Crippen LogP contribution in [0.3, 0.4) is 0 Å². The Kier molecular flexibility index (Phi) is 10.2. The zero-order valence-electron chi connectivity index (χ0n) is 21.0. The van der Waals surface area contributed by atoms with Crippen molar-refractivity contribution in [1.29, 1.82) is 5.41 Å². The van der Waals surface area contributed by atoms with Crippen molar-refractivity contribution in [1.82, 2.24) is 10.6 Å². The fraction of sp³-hybridized carbons (Fsp3) is 0.276. The first kappa shape index (κ1) is 27.4. The summed E-state index contributed by atoms with van der Waals surface area (Å²) in [6.45, 7) is 0.308. The van der Waals surface area contributed by atoms with E-state index in [1.54, 1.807) is 7.11 Å². The van der Waals surface area contributed by atoms with Crippen molar-refractivity contribution in [2.45, 2.75) is 43.8 Å². The third-order valence-electron chi connectivity index (χ3n) is 6.19. The SMILES string of the molecule is COc1ccc(CNC(=O)C(CCCC(N)C(=N)N)NC(=O)C(c2ccccc2)c2ccccc2)cc1. The molecule has 8 heteroatoms. The molecule has 3 aromatic carbocycles. The zero-order valence-corrected chi connectivity index (χ0v) is 21.0. The number of hydrogen-bond acceptors (Lipinski definition) is 5. The predicted octanol–water partition coefficient (Wildman–Crippen LogP) is 3.06. The second-order valence-electron chi connectivity index (χ2n) is 8.87. The molecule has 0 heterocycles. The maximum absolute atomic E-state index is 13.6. The second kappa shape index (κ2) is 13.8. The molecule has 0 spiro atoms. The number of nitrogens with one attached hydrogen (secondary N) is 3. The van der Waals surface area contributed by atoms with Crippen molar-refractivity contribution in [3.63, 3.8) is 0 Å². The molecule has 0 aliphatic carbocycles. The largest absolute Gasteiger partial charge is 0.497 e. The first-order chi connectivity index (χ1) is 17.9. The van der Waals surface area contributed by atoms with E-state index < -0.39 is 18.0 Å². The highest BCUT2D eigenvalue weighted by Gasteiger charge is 2.28. The lowest BCUT2D eigenvalue weighted by atomic mass is 9.90. The monoisotopic (exact) mass is 501 g/mol. The van der Waals surface area contributed by atoms with Gasteiger partial charge < -0.3 is 26.8 Å². The Morgan fingerprint density at radius 3 is 1.95 bits per heavy atom. The summed E-state index contributed by atoms with van der Waals surface area (Å²) in [5.74, 6) is -0.496. The van der Waals surface area contributed by atoms with Crippen molar-refractivity contribution in [2.75, 3.05) is 7.11 Å². The molecule has 0 saturated carbocycles. The molecular formula is C29H35N5O3. The molecule has 2 amide bonds. The summed E-state index contributed by atoms with van der Waals surface area (Å²) in [5.41, 5.74) is 14.0. The van der Waals surface area contributed by atoms with Gasteiger partial charge in [0.15, 0.2) is 0 Å². The van der Waals surface area contributed by atoms with Gasteiger partial charge in [-0.3, -0.25) is 15.0 Å². The number of methoxy groups -OCH3 is 1. The van der Waals surface area contributed by atoms with E-state index >= 15 is 0 Å². The molecule has 0 bridgehead atoms. The number of amides is 2. The molecule has 194 valence electrons. The van der Waals surface area contributed by atoms with Crippen molar-refractivity contribution >= 4 is 17.6 Å². The molecule has 37 heavy (non-hydrogen) atoms. The van der Waals surface area contributed by atoms with Crippen LogP contribution in [0, 0.1) is 5.41 Å². The minimum atomic E-state index is -0.778. The summed E-state index contributed by atoms with van der Waals surface area (Å²) in [6.07, 6.45) is 1.31. The third-order valence-corrected chi connectivity index (χ3v) is 6.19. The molecule has 2 unspecified atom stereocenters. The molecule has 3 rings (SSSR count). The topological polar surface area (TPSA) is 143 Å². The normalized spacial score (nSPS) is 12.4. The van der Waals surface area contributed by atoms with Crippen LogP contribution >= 0.6 is 0 Å². The van der Waals surface area contributed by atoms with Gasteiger partial charge in [-0.2, -0.15) is 0 Å². The average molecular weight is 502 g/mol. The van der Waals surface area contributed by atoms with Crippen LogP contribution in [-0.4, -0.2) is 36.8 Å². The van der Waals surface area contributed by atoms with Crippen LogP contribution in [-0.2, 0) is 16.1 Å². The molecule has 0 saturated heterocycles. The van der Waals surface area contributed by atoms with E-state index in [4.69, 9.17) is 21.6 Å². The van der Waals surface area contributed by atoms with Gasteiger partial charge in [0, 0.05) is 6.54 Å². The van der Waals surface area contributed by atoms with Crippen molar-refractivity contribution in [2.24, 2.45) is 11.5 Å². The van der Waals surface area contributed by atoms with Gasteiger partial charge in [-0.25, -0.2) is 0 Å². The Morgan fingerprint density at radius 1 is 0.865 bits per heavy atom. The average Bonchev–Trinajstić information content (AvgIpc) is 2.92. The Hall–Kier alpha value is -4.17. The van der Waals surface area contributed by atoms with Gasteiger partial charge in [-0.15, -0.1) is 0 Å². The van der Waals surface area contributed by atoms with Gasteiger partial charge in [0.1, 0.15) is 17.6 Å². The third kappa shape index (κ3) is 8.18. The van der Waals surface area contributed by atoms with Crippen molar-refractivity contribution in [3.8, 4) is 5.75 Å². The minimum absolute atomic E-state index is 0.0993. The molecule has 0 aromatic heterocycles. The van der Waals surface area contributed by atoms with Crippen LogP contribution in [0.2, 0.25) is 0 Å². The number of ether oxygens (including phenoxy) is 1. The highest BCUT2D eigenvalue weighted by Crippen LogP contribution is 2.25. The summed E-state index contributed by atoms with van der Waals surface area (Å²) in [6, 6.07) is 25.0. The number of amidine groups is 1. The van der Waals surface area contributed by atoms with Crippen LogP contribution in [0.5, 0.6) is 5.75 Å². The highest BCUT2D eigenvalue weighted by atomic mass is 16.5. The van der Waals surface area contributed by atoms with Crippen LogP contribution < -0.4 is 26.8 Å². The quantitative estimate of drug-likeness (QED) is 0.181. The standard InChI is InChI=1S/C29H35N5O3/c1-37-23-17-15-20(16-18-23)19-33-28(35)25(14-8-13-24(30)27(31)32)34-29(36)26(21-9-4-2-5-10-21)22-11-6-3-7-12-22/h2-7,9-12,15-18,24-26H,8,13-14,19,30H2,1H3,(H3,31,32)(H,33,35)(H,34,36). The number of hydrogen-bond donors (Lipinski definition) is 5. The number of rotatable bonds is 13. The second-order valence-corrected chi connectivity index (χ2v) is 8.87. The van der Waals surface area contributed by atoms with Crippen LogP contribution in [0.15, 0.2) is 84.9 Å². The number of benzene rings is 3. The van der Waals surface area contributed by atoms with E-state index in [2.05, 4.69) is 10.6 Å². The molecule has 3 aromatic rings. The van der Waals surface area contributed by atoms with Gasteiger partial charge in [0.05, 0.1) is 19.1 Å². The van der Waals surface area contributed by atoms with Gasteiger partial charge in [-0.05, 0) is 48.1 Å². The number of nitrogens with two attached hydrogens (primary N) is 2.